The highest BCUT2D eigenvalue weighted by Crippen LogP contribution is 2.44. The van der Waals surface area contributed by atoms with Gasteiger partial charge in [-0.25, -0.2) is 9.59 Å². The predicted octanol–water partition coefficient (Wildman–Crippen LogP) is 5.89. The van der Waals surface area contributed by atoms with Crippen LogP contribution in [-0.2, 0) is 22.1 Å². The molecule has 9 heteroatoms. The average molecular weight is 490 g/mol. The first kappa shape index (κ1) is 23.6. The maximum absolute atomic E-state index is 13.0. The van der Waals surface area contributed by atoms with Crippen LogP contribution in [0.1, 0.15) is 28.2 Å². The number of fused-ring (bicyclic) bond motifs is 3. The van der Waals surface area contributed by atoms with Crippen LogP contribution in [-0.4, -0.2) is 29.8 Å². The summed E-state index contributed by atoms with van der Waals surface area (Å²) < 4.78 is 44.5. The molecule has 4 rings (SSSR count). The van der Waals surface area contributed by atoms with Crippen LogP contribution in [0, 0.1) is 0 Å². The molecule has 1 aliphatic rings. The van der Waals surface area contributed by atoms with E-state index < -0.39 is 36.3 Å². The molecule has 0 saturated heterocycles. The van der Waals surface area contributed by atoms with Crippen LogP contribution in [0.25, 0.3) is 11.1 Å². The molecule has 1 atom stereocenters. The third kappa shape index (κ3) is 5.02. The van der Waals surface area contributed by atoms with Gasteiger partial charge in [-0.2, -0.15) is 13.2 Å². The van der Waals surface area contributed by atoms with E-state index in [4.69, 9.17) is 16.3 Å². The van der Waals surface area contributed by atoms with Crippen LogP contribution < -0.4 is 5.32 Å². The Hall–Kier alpha value is -3.52. The van der Waals surface area contributed by atoms with Crippen molar-refractivity contribution in [2.24, 2.45) is 0 Å². The lowest BCUT2D eigenvalue weighted by Crippen LogP contribution is -2.43. The third-order valence-corrected chi connectivity index (χ3v) is 5.88. The molecule has 176 valence electrons. The fourth-order valence-corrected chi connectivity index (χ4v) is 4.41. The van der Waals surface area contributed by atoms with Gasteiger partial charge in [-0.1, -0.05) is 60.1 Å². The second kappa shape index (κ2) is 9.38. The predicted molar refractivity (Wildman–Crippen MR) is 120 cm³/mol. The Morgan fingerprint density at radius 3 is 2.15 bits per heavy atom. The number of halogens is 4. The quantitative estimate of drug-likeness (QED) is 0.452. The van der Waals surface area contributed by atoms with E-state index in [1.54, 1.807) is 0 Å². The highest BCUT2D eigenvalue weighted by molar-refractivity contribution is 6.30. The minimum atomic E-state index is -4.64. The summed E-state index contributed by atoms with van der Waals surface area (Å²) in [6.45, 7) is -0.0262. The highest BCUT2D eigenvalue weighted by atomic mass is 35.5. The van der Waals surface area contributed by atoms with Crippen molar-refractivity contribution in [3.8, 4) is 11.1 Å². The molecule has 0 saturated carbocycles. The number of carboxylic acid groups (broad SMARTS) is 1. The molecule has 0 aromatic heterocycles. The number of carbonyl (C=O) groups excluding carboxylic acids is 1. The van der Waals surface area contributed by atoms with E-state index in [0.717, 1.165) is 34.4 Å². The summed E-state index contributed by atoms with van der Waals surface area (Å²) in [6.07, 6.45) is -6.02. The van der Waals surface area contributed by atoms with Crippen LogP contribution in [0.15, 0.2) is 66.7 Å². The van der Waals surface area contributed by atoms with Gasteiger partial charge in [0, 0.05) is 17.4 Å². The van der Waals surface area contributed by atoms with Crippen LogP contribution in [0.3, 0.4) is 0 Å². The number of amides is 1. The van der Waals surface area contributed by atoms with Crippen molar-refractivity contribution in [2.75, 3.05) is 6.61 Å². The molecule has 1 amide bonds. The monoisotopic (exact) mass is 489 g/mol. The van der Waals surface area contributed by atoms with Crippen LogP contribution >= 0.6 is 11.6 Å². The smallest absolute Gasteiger partial charge is 0.416 e. The second-order valence-corrected chi connectivity index (χ2v) is 8.35. The van der Waals surface area contributed by atoms with Gasteiger partial charge in [0.2, 0.25) is 0 Å². The van der Waals surface area contributed by atoms with Crippen LogP contribution in [0.4, 0.5) is 18.0 Å². The standard InChI is InChI=1S/C25H19ClF3NO4/c26-16-10-14(9-15(12-16)25(27,28)29)11-22(23(31)32)30-24(33)34-13-21-19-7-3-1-5-17(19)18-6-2-4-8-20(18)21/h1-10,12,21-22H,11,13H2,(H,30,33)(H,31,32)/t22-/m0/s1. The van der Waals surface area contributed by atoms with Gasteiger partial charge in [-0.05, 0) is 46.0 Å². The molecular weight excluding hydrogens is 471 g/mol. The van der Waals surface area contributed by atoms with E-state index in [0.29, 0.717) is 0 Å². The number of hydrogen-bond donors (Lipinski definition) is 2. The summed E-state index contributed by atoms with van der Waals surface area (Å²) in [7, 11) is 0. The lowest BCUT2D eigenvalue weighted by atomic mass is 9.98. The number of alkyl carbamates (subject to hydrolysis) is 1. The van der Waals surface area contributed by atoms with Crippen LogP contribution in [0.2, 0.25) is 5.02 Å². The van der Waals surface area contributed by atoms with Crippen molar-refractivity contribution >= 4 is 23.7 Å². The van der Waals surface area contributed by atoms with Gasteiger partial charge in [-0.15, -0.1) is 0 Å². The summed E-state index contributed by atoms with van der Waals surface area (Å²) in [4.78, 5) is 24.1. The SMILES string of the molecule is O=C(N[C@@H](Cc1cc(Cl)cc(C(F)(F)F)c1)C(=O)O)OCC1c2ccccc2-c2ccccc21. The van der Waals surface area contributed by atoms with Crippen LogP contribution in [0.5, 0.6) is 0 Å². The van der Waals surface area contributed by atoms with Gasteiger partial charge in [-0.3, -0.25) is 0 Å². The maximum Gasteiger partial charge on any atom is 0.416 e. The number of benzene rings is 3. The Balaban J connectivity index is 1.45. The summed E-state index contributed by atoms with van der Waals surface area (Å²) >= 11 is 5.77. The zero-order valence-electron chi connectivity index (χ0n) is 17.6. The average Bonchev–Trinajstić information content (AvgIpc) is 3.10. The molecule has 1 aliphatic carbocycles. The van der Waals surface area contributed by atoms with Gasteiger partial charge < -0.3 is 15.2 Å². The number of hydrogen-bond acceptors (Lipinski definition) is 3. The summed E-state index contributed by atoms with van der Waals surface area (Å²) in [5, 5.41) is 11.5. The van der Waals surface area contributed by atoms with Crippen molar-refractivity contribution < 1.29 is 32.6 Å². The molecular formula is C25H19ClF3NO4. The molecule has 0 unspecified atom stereocenters. The summed E-state index contributed by atoms with van der Waals surface area (Å²) in [6, 6.07) is 16.7. The zero-order valence-corrected chi connectivity index (χ0v) is 18.4. The third-order valence-electron chi connectivity index (χ3n) is 5.66. The lowest BCUT2D eigenvalue weighted by Gasteiger charge is -2.18. The largest absolute Gasteiger partial charge is 0.480 e. The lowest BCUT2D eigenvalue weighted by molar-refractivity contribution is -0.139. The Labute approximate surface area is 198 Å². The first-order valence-electron chi connectivity index (χ1n) is 10.3. The minimum absolute atomic E-state index is 0.0196. The highest BCUT2D eigenvalue weighted by Gasteiger charge is 2.32. The molecule has 0 bridgehead atoms. The molecule has 0 fully saturated rings. The minimum Gasteiger partial charge on any atom is -0.480 e. The van der Waals surface area contributed by atoms with Crippen molar-refractivity contribution in [3.63, 3.8) is 0 Å². The molecule has 0 radical (unpaired) electrons. The van der Waals surface area contributed by atoms with Crippen molar-refractivity contribution in [1.29, 1.82) is 0 Å². The number of aliphatic carboxylic acids is 1. The molecule has 0 aliphatic heterocycles. The number of carbonyl (C=O) groups is 2. The van der Waals surface area contributed by atoms with Gasteiger partial charge in [0.25, 0.3) is 0 Å². The van der Waals surface area contributed by atoms with E-state index in [-0.39, 0.29) is 23.1 Å². The molecule has 34 heavy (non-hydrogen) atoms. The second-order valence-electron chi connectivity index (χ2n) is 7.91. The Kier molecular flexibility index (Phi) is 6.52. The van der Waals surface area contributed by atoms with Crippen molar-refractivity contribution in [3.05, 3.63) is 94.0 Å². The molecule has 3 aromatic rings. The number of alkyl halides is 3. The van der Waals surface area contributed by atoms with E-state index in [2.05, 4.69) is 5.32 Å². The normalized spacial score (nSPS) is 13.6. The van der Waals surface area contributed by atoms with Gasteiger partial charge >= 0.3 is 18.2 Å². The molecule has 0 heterocycles. The fourth-order valence-electron chi connectivity index (χ4n) is 4.15. The van der Waals surface area contributed by atoms with Gasteiger partial charge in [0.15, 0.2) is 0 Å². The van der Waals surface area contributed by atoms with Crippen molar-refractivity contribution in [2.45, 2.75) is 24.6 Å². The topological polar surface area (TPSA) is 75.6 Å². The van der Waals surface area contributed by atoms with Gasteiger partial charge in [0.05, 0.1) is 5.56 Å². The first-order chi connectivity index (χ1) is 16.1. The van der Waals surface area contributed by atoms with E-state index in [9.17, 15) is 27.9 Å². The van der Waals surface area contributed by atoms with Crippen molar-refractivity contribution in [1.82, 2.24) is 5.32 Å². The van der Waals surface area contributed by atoms with E-state index >= 15 is 0 Å². The van der Waals surface area contributed by atoms with E-state index in [1.165, 1.54) is 6.07 Å². The maximum atomic E-state index is 13.0. The Morgan fingerprint density at radius 2 is 1.59 bits per heavy atom. The number of ether oxygens (including phenoxy) is 1. The Bertz CT molecular complexity index is 1200. The molecule has 5 nitrogen and oxygen atoms in total. The van der Waals surface area contributed by atoms with Gasteiger partial charge in [0.1, 0.15) is 12.6 Å². The van der Waals surface area contributed by atoms with E-state index in [1.807, 2.05) is 48.5 Å². The Morgan fingerprint density at radius 1 is 1.00 bits per heavy atom. The molecule has 2 N–H and O–H groups in total. The molecule has 0 spiro atoms. The number of nitrogens with one attached hydrogen (secondary N) is 1. The number of rotatable bonds is 6. The molecule has 3 aromatic carbocycles. The first-order valence-corrected chi connectivity index (χ1v) is 10.7. The zero-order chi connectivity index (χ0) is 24.5. The summed E-state index contributed by atoms with van der Waals surface area (Å²) in [5.41, 5.74) is 3.08. The summed E-state index contributed by atoms with van der Waals surface area (Å²) in [5.74, 6) is -1.63. The number of carboxylic acids is 1. The fraction of sp³-hybridized carbons (Fsp3) is 0.200.